The van der Waals surface area contributed by atoms with Gasteiger partial charge in [-0.3, -0.25) is 4.79 Å². The fraction of sp³-hybridized carbons (Fsp3) is 0.500. The molecule has 1 aromatic carbocycles. The molecule has 19 heavy (non-hydrogen) atoms. The van der Waals surface area contributed by atoms with E-state index in [1.807, 2.05) is 23.1 Å². The Bertz CT molecular complexity index is 482. The molecule has 0 aromatic heterocycles. The lowest BCUT2D eigenvalue weighted by atomic mass is 10.0. The van der Waals surface area contributed by atoms with Crippen molar-refractivity contribution in [1.29, 1.82) is 0 Å². The number of anilines is 2. The van der Waals surface area contributed by atoms with E-state index in [1.165, 1.54) is 0 Å². The van der Waals surface area contributed by atoms with E-state index < -0.39 is 0 Å². The van der Waals surface area contributed by atoms with Crippen LogP contribution in [0.15, 0.2) is 18.2 Å². The Morgan fingerprint density at radius 3 is 2.74 bits per heavy atom. The van der Waals surface area contributed by atoms with Gasteiger partial charge in [-0.15, -0.1) is 0 Å². The number of nitrogens with one attached hydrogen (secondary N) is 2. The molecule has 0 bridgehead atoms. The lowest BCUT2D eigenvalue weighted by Gasteiger charge is -2.31. The second-order valence-corrected chi connectivity index (χ2v) is 5.11. The molecule has 0 aliphatic carbocycles. The van der Waals surface area contributed by atoms with Gasteiger partial charge in [0.25, 0.3) is 5.91 Å². The number of carbonyl (C=O) groups is 1. The van der Waals surface area contributed by atoms with Crippen molar-refractivity contribution in [3.63, 3.8) is 0 Å². The third-order valence-electron chi connectivity index (χ3n) is 3.79. The summed E-state index contributed by atoms with van der Waals surface area (Å²) in [6, 6.07) is 5.76. The molecule has 1 amide bonds. The van der Waals surface area contributed by atoms with Crippen LogP contribution in [0.5, 0.6) is 0 Å². The second kappa shape index (κ2) is 5.09. The Labute approximate surface area is 112 Å². The molecule has 1 saturated heterocycles. The van der Waals surface area contributed by atoms with Gasteiger partial charge < -0.3 is 20.6 Å². The average molecular weight is 261 g/mol. The maximum atomic E-state index is 12.6. The van der Waals surface area contributed by atoms with E-state index in [1.54, 1.807) is 0 Å². The van der Waals surface area contributed by atoms with Crippen molar-refractivity contribution >= 4 is 17.3 Å². The van der Waals surface area contributed by atoms with Crippen molar-refractivity contribution < 1.29 is 9.90 Å². The van der Waals surface area contributed by atoms with Crippen LogP contribution in [-0.4, -0.2) is 48.2 Å². The summed E-state index contributed by atoms with van der Waals surface area (Å²) in [5.41, 5.74) is 2.63. The molecular formula is C14H19N3O2. The maximum absolute atomic E-state index is 12.6. The number of amides is 1. The minimum absolute atomic E-state index is 0.0555. The molecule has 0 saturated carbocycles. The Morgan fingerprint density at radius 2 is 1.95 bits per heavy atom. The summed E-state index contributed by atoms with van der Waals surface area (Å²) in [7, 11) is 0. The highest BCUT2D eigenvalue weighted by molar-refractivity contribution is 6.02. The number of benzene rings is 1. The Kier molecular flexibility index (Phi) is 3.29. The molecule has 2 aliphatic rings. The van der Waals surface area contributed by atoms with Gasteiger partial charge in [0.1, 0.15) is 0 Å². The van der Waals surface area contributed by atoms with Crippen LogP contribution in [0.2, 0.25) is 0 Å². The molecule has 0 atom stereocenters. The van der Waals surface area contributed by atoms with Crippen LogP contribution in [0.4, 0.5) is 11.4 Å². The number of para-hydroxylation sites is 1. The minimum Gasteiger partial charge on any atom is -0.393 e. The first-order valence-corrected chi connectivity index (χ1v) is 6.84. The van der Waals surface area contributed by atoms with Crippen LogP contribution in [0.25, 0.3) is 0 Å². The first-order valence-electron chi connectivity index (χ1n) is 6.84. The van der Waals surface area contributed by atoms with Gasteiger partial charge in [-0.2, -0.15) is 0 Å². The fourth-order valence-electron chi connectivity index (χ4n) is 2.69. The van der Waals surface area contributed by atoms with E-state index in [-0.39, 0.29) is 12.0 Å². The third kappa shape index (κ3) is 2.38. The zero-order valence-corrected chi connectivity index (χ0v) is 10.9. The molecule has 5 heteroatoms. The number of likely N-dealkylation sites (tertiary alicyclic amines) is 1. The van der Waals surface area contributed by atoms with Gasteiger partial charge in [-0.25, -0.2) is 0 Å². The monoisotopic (exact) mass is 261 g/mol. The highest BCUT2D eigenvalue weighted by Gasteiger charge is 2.25. The van der Waals surface area contributed by atoms with E-state index in [9.17, 15) is 9.90 Å². The number of hydrogen-bond acceptors (Lipinski definition) is 4. The van der Waals surface area contributed by atoms with Crippen molar-refractivity contribution in [3.8, 4) is 0 Å². The maximum Gasteiger partial charge on any atom is 0.256 e. The zero-order valence-electron chi connectivity index (χ0n) is 10.9. The number of aliphatic hydroxyl groups excluding tert-OH is 1. The molecule has 1 fully saturated rings. The molecule has 5 nitrogen and oxygen atoms in total. The number of piperidine rings is 1. The second-order valence-electron chi connectivity index (χ2n) is 5.11. The summed E-state index contributed by atoms with van der Waals surface area (Å²) >= 11 is 0. The highest BCUT2D eigenvalue weighted by atomic mass is 16.3. The van der Waals surface area contributed by atoms with Crippen molar-refractivity contribution in [2.75, 3.05) is 36.8 Å². The van der Waals surface area contributed by atoms with Crippen molar-refractivity contribution in [3.05, 3.63) is 23.8 Å². The van der Waals surface area contributed by atoms with Crippen molar-refractivity contribution in [2.45, 2.75) is 18.9 Å². The minimum atomic E-state index is -0.256. The van der Waals surface area contributed by atoms with Gasteiger partial charge >= 0.3 is 0 Å². The molecule has 2 heterocycles. The molecule has 2 aliphatic heterocycles. The quantitative estimate of drug-likeness (QED) is 0.709. The predicted molar refractivity (Wildman–Crippen MR) is 74.6 cm³/mol. The number of carbonyl (C=O) groups excluding carboxylic acids is 1. The number of nitrogens with zero attached hydrogens (tertiary/aromatic N) is 1. The summed E-state index contributed by atoms with van der Waals surface area (Å²) in [4.78, 5) is 14.4. The van der Waals surface area contributed by atoms with Crippen LogP contribution in [0.3, 0.4) is 0 Å². The topological polar surface area (TPSA) is 64.6 Å². The van der Waals surface area contributed by atoms with E-state index in [0.717, 1.165) is 30.0 Å². The summed E-state index contributed by atoms with van der Waals surface area (Å²) in [5.74, 6) is 0.0555. The predicted octanol–water partition coefficient (Wildman–Crippen LogP) is 1.12. The van der Waals surface area contributed by atoms with Gasteiger partial charge in [0, 0.05) is 26.2 Å². The molecule has 3 rings (SSSR count). The lowest BCUT2D eigenvalue weighted by molar-refractivity contribution is 0.0547. The fourth-order valence-corrected chi connectivity index (χ4v) is 2.69. The van der Waals surface area contributed by atoms with Gasteiger partial charge in [0.15, 0.2) is 0 Å². The smallest absolute Gasteiger partial charge is 0.256 e. The average Bonchev–Trinajstić information content (AvgIpc) is 2.47. The Balaban J connectivity index is 1.83. The zero-order chi connectivity index (χ0) is 13.2. The first-order chi connectivity index (χ1) is 9.25. The number of rotatable bonds is 1. The molecule has 3 N–H and O–H groups in total. The van der Waals surface area contributed by atoms with Crippen LogP contribution in [0, 0.1) is 0 Å². The van der Waals surface area contributed by atoms with E-state index >= 15 is 0 Å². The van der Waals surface area contributed by atoms with Crippen molar-refractivity contribution in [2.24, 2.45) is 0 Å². The van der Waals surface area contributed by atoms with Crippen LogP contribution in [-0.2, 0) is 0 Å². The third-order valence-corrected chi connectivity index (χ3v) is 3.79. The number of aliphatic hydroxyl groups is 1. The lowest BCUT2D eigenvalue weighted by Crippen LogP contribution is -2.40. The molecule has 102 valence electrons. The van der Waals surface area contributed by atoms with E-state index in [2.05, 4.69) is 10.6 Å². The van der Waals surface area contributed by atoms with Crippen LogP contribution < -0.4 is 10.6 Å². The first kappa shape index (κ1) is 12.3. The van der Waals surface area contributed by atoms with Gasteiger partial charge in [-0.1, -0.05) is 6.07 Å². The summed E-state index contributed by atoms with van der Waals surface area (Å²) in [6.45, 7) is 2.98. The van der Waals surface area contributed by atoms with Gasteiger partial charge in [0.2, 0.25) is 0 Å². The molecule has 1 aromatic rings. The highest BCUT2D eigenvalue weighted by Crippen LogP contribution is 2.29. The Morgan fingerprint density at radius 1 is 1.21 bits per heavy atom. The molecule has 0 spiro atoms. The van der Waals surface area contributed by atoms with Gasteiger partial charge in [-0.05, 0) is 25.0 Å². The molecule has 0 radical (unpaired) electrons. The van der Waals surface area contributed by atoms with Gasteiger partial charge in [0.05, 0.1) is 23.0 Å². The summed E-state index contributed by atoms with van der Waals surface area (Å²) in [6.07, 6.45) is 1.09. The van der Waals surface area contributed by atoms with Crippen molar-refractivity contribution in [1.82, 2.24) is 4.90 Å². The molecule has 0 unspecified atom stereocenters. The molecular weight excluding hydrogens is 242 g/mol. The van der Waals surface area contributed by atoms with Crippen LogP contribution >= 0.6 is 0 Å². The Hall–Kier alpha value is -1.75. The number of fused-ring (bicyclic) bond motifs is 1. The summed E-state index contributed by atoms with van der Waals surface area (Å²) in [5, 5.41) is 16.1. The van der Waals surface area contributed by atoms with E-state index in [4.69, 9.17) is 0 Å². The summed E-state index contributed by atoms with van der Waals surface area (Å²) < 4.78 is 0. The SMILES string of the molecule is O=C(c1cccc2c1NCCN2)N1CCC(O)CC1. The number of hydrogen-bond donors (Lipinski definition) is 3. The standard InChI is InChI=1S/C14H19N3O2/c18-10-4-8-17(9-5-10)14(19)11-2-1-3-12-13(11)16-7-6-15-12/h1-3,10,15-16,18H,4-9H2. The van der Waals surface area contributed by atoms with Crippen LogP contribution in [0.1, 0.15) is 23.2 Å². The van der Waals surface area contributed by atoms with E-state index in [0.29, 0.717) is 25.9 Å². The largest absolute Gasteiger partial charge is 0.393 e. The normalized spacial score (nSPS) is 19.3.